The van der Waals surface area contributed by atoms with Gasteiger partial charge in [-0.2, -0.15) is 0 Å². The Morgan fingerprint density at radius 1 is 1.27 bits per heavy atom. The molecular weight excluding hydrogens is 302 g/mol. The molecule has 1 aliphatic rings. The number of hydrogen-bond donors (Lipinski definition) is 1. The Morgan fingerprint density at radius 2 is 1.91 bits per heavy atom. The van der Waals surface area contributed by atoms with Crippen LogP contribution in [0.4, 0.5) is 0 Å². The highest BCUT2D eigenvalue weighted by molar-refractivity contribution is 7.89. The zero-order valence-electron chi connectivity index (χ0n) is 12.8. The maximum Gasteiger partial charge on any atom is 0.209 e. The third kappa shape index (κ3) is 5.10. The van der Waals surface area contributed by atoms with E-state index in [4.69, 9.17) is 9.88 Å². The van der Waals surface area contributed by atoms with Crippen LogP contribution in [-0.4, -0.2) is 27.1 Å². The molecule has 0 heterocycles. The molecule has 0 spiro atoms. The van der Waals surface area contributed by atoms with Crippen LogP contribution < -0.4 is 9.88 Å². The van der Waals surface area contributed by atoms with Crippen molar-refractivity contribution >= 4 is 15.8 Å². The second kappa shape index (κ2) is 7.24. The summed E-state index contributed by atoms with van der Waals surface area (Å²) >= 11 is 0. The van der Waals surface area contributed by atoms with Crippen molar-refractivity contribution < 1.29 is 17.9 Å². The van der Waals surface area contributed by atoms with Crippen molar-refractivity contribution in [1.82, 2.24) is 0 Å². The van der Waals surface area contributed by atoms with Gasteiger partial charge in [0.25, 0.3) is 0 Å². The Hall–Kier alpha value is -1.40. The summed E-state index contributed by atoms with van der Waals surface area (Å²) in [6.07, 6.45) is 3.55. The van der Waals surface area contributed by atoms with Gasteiger partial charge in [-0.25, -0.2) is 13.6 Å². The minimum absolute atomic E-state index is 0.00838. The van der Waals surface area contributed by atoms with Crippen LogP contribution in [0.5, 0.6) is 5.75 Å². The van der Waals surface area contributed by atoms with E-state index in [2.05, 4.69) is 0 Å². The van der Waals surface area contributed by atoms with Gasteiger partial charge in [0.2, 0.25) is 10.0 Å². The summed E-state index contributed by atoms with van der Waals surface area (Å²) in [6.45, 7) is 0. The summed E-state index contributed by atoms with van der Waals surface area (Å²) in [5, 5.41) is 5.18. The van der Waals surface area contributed by atoms with Gasteiger partial charge in [-0.3, -0.25) is 4.79 Å². The summed E-state index contributed by atoms with van der Waals surface area (Å²) in [5.74, 6) is 1.20. The molecule has 0 aromatic heterocycles. The Balaban J connectivity index is 1.86. The molecule has 0 amide bonds. The number of hydrogen-bond acceptors (Lipinski definition) is 4. The number of carbonyl (C=O) groups excluding carboxylic acids is 1. The van der Waals surface area contributed by atoms with E-state index >= 15 is 0 Å². The average molecular weight is 325 g/mol. The van der Waals surface area contributed by atoms with E-state index in [0.29, 0.717) is 12.8 Å². The molecule has 1 aliphatic carbocycles. The molecule has 5 nitrogen and oxygen atoms in total. The van der Waals surface area contributed by atoms with Gasteiger partial charge < -0.3 is 4.74 Å². The van der Waals surface area contributed by atoms with Crippen molar-refractivity contribution in [3.05, 3.63) is 29.8 Å². The summed E-state index contributed by atoms with van der Waals surface area (Å²) in [6, 6.07) is 7.87. The van der Waals surface area contributed by atoms with E-state index < -0.39 is 10.0 Å². The van der Waals surface area contributed by atoms with Gasteiger partial charge in [0, 0.05) is 12.8 Å². The van der Waals surface area contributed by atoms with Crippen molar-refractivity contribution in [2.24, 2.45) is 17.0 Å². The molecule has 1 saturated carbocycles. The second-order valence-electron chi connectivity index (χ2n) is 6.04. The molecule has 122 valence electrons. The molecule has 1 atom stereocenters. The minimum atomic E-state index is -3.49. The fourth-order valence-corrected chi connectivity index (χ4v) is 4.01. The molecule has 0 bridgehead atoms. The Kier molecular flexibility index (Phi) is 5.58. The zero-order chi connectivity index (χ0) is 16.2. The first-order chi connectivity index (χ1) is 10.4. The van der Waals surface area contributed by atoms with E-state index in [1.807, 2.05) is 24.3 Å². The smallest absolute Gasteiger partial charge is 0.209 e. The Labute approximate surface area is 131 Å². The van der Waals surface area contributed by atoms with E-state index in [-0.39, 0.29) is 23.4 Å². The van der Waals surface area contributed by atoms with Gasteiger partial charge in [0.15, 0.2) is 0 Å². The van der Waals surface area contributed by atoms with Crippen LogP contribution in [0.25, 0.3) is 0 Å². The molecule has 1 aromatic rings. The maximum atomic E-state index is 11.4. The van der Waals surface area contributed by atoms with Gasteiger partial charge >= 0.3 is 0 Å². The van der Waals surface area contributed by atoms with Crippen LogP contribution in [0, 0.1) is 11.8 Å². The number of benzene rings is 1. The van der Waals surface area contributed by atoms with Gasteiger partial charge in [0.05, 0.1) is 12.9 Å². The standard InChI is InChI=1S/C16H23NO4S/c1-21-16-7-5-12(6-8-16)3-2-4-13(11-22(17,19)20)14-9-15(18)10-14/h5-8,13-14H,2-4,9-11H2,1H3,(H2,17,19,20). The minimum Gasteiger partial charge on any atom is -0.497 e. The van der Waals surface area contributed by atoms with E-state index in [1.54, 1.807) is 7.11 Å². The Bertz CT molecular complexity index is 602. The van der Waals surface area contributed by atoms with Crippen molar-refractivity contribution in [3.63, 3.8) is 0 Å². The number of rotatable bonds is 8. The zero-order valence-corrected chi connectivity index (χ0v) is 13.6. The molecule has 1 aromatic carbocycles. The molecule has 1 fully saturated rings. The Morgan fingerprint density at radius 3 is 2.41 bits per heavy atom. The first kappa shape index (κ1) is 17.0. The first-order valence-electron chi connectivity index (χ1n) is 7.52. The summed E-state index contributed by atoms with van der Waals surface area (Å²) in [4.78, 5) is 11.1. The molecule has 0 saturated heterocycles. The molecule has 0 aliphatic heterocycles. The van der Waals surface area contributed by atoms with Crippen LogP contribution in [0.3, 0.4) is 0 Å². The van der Waals surface area contributed by atoms with E-state index in [1.165, 1.54) is 5.56 Å². The molecule has 22 heavy (non-hydrogen) atoms. The third-order valence-electron chi connectivity index (χ3n) is 4.29. The molecule has 2 rings (SSSR count). The van der Waals surface area contributed by atoms with Crippen molar-refractivity contribution in [2.45, 2.75) is 32.1 Å². The number of primary sulfonamides is 1. The van der Waals surface area contributed by atoms with Crippen LogP contribution in [0.2, 0.25) is 0 Å². The number of nitrogens with two attached hydrogens (primary N) is 1. The monoisotopic (exact) mass is 325 g/mol. The first-order valence-corrected chi connectivity index (χ1v) is 9.24. The normalized spacial score (nSPS) is 17.1. The van der Waals surface area contributed by atoms with Crippen molar-refractivity contribution in [1.29, 1.82) is 0 Å². The van der Waals surface area contributed by atoms with E-state index in [0.717, 1.165) is 25.0 Å². The number of aryl methyl sites for hydroxylation is 1. The fourth-order valence-electron chi connectivity index (χ4n) is 2.97. The maximum absolute atomic E-state index is 11.4. The van der Waals surface area contributed by atoms with Crippen LogP contribution in [0.1, 0.15) is 31.2 Å². The predicted molar refractivity (Wildman–Crippen MR) is 85.1 cm³/mol. The van der Waals surface area contributed by atoms with Crippen molar-refractivity contribution in [3.8, 4) is 5.75 Å². The summed E-state index contributed by atoms with van der Waals surface area (Å²) < 4.78 is 27.8. The van der Waals surface area contributed by atoms with Crippen LogP contribution in [0.15, 0.2) is 24.3 Å². The van der Waals surface area contributed by atoms with Gasteiger partial charge in [-0.15, -0.1) is 0 Å². The molecular formula is C16H23NO4S. The lowest BCUT2D eigenvalue weighted by molar-refractivity contribution is -0.128. The van der Waals surface area contributed by atoms with Crippen LogP contribution in [-0.2, 0) is 21.2 Å². The lowest BCUT2D eigenvalue weighted by Crippen LogP contribution is -2.36. The molecule has 0 radical (unpaired) electrons. The predicted octanol–water partition coefficient (Wildman–Crippen LogP) is 1.90. The largest absolute Gasteiger partial charge is 0.497 e. The fraction of sp³-hybridized carbons (Fsp3) is 0.562. The van der Waals surface area contributed by atoms with Gasteiger partial charge in [0.1, 0.15) is 11.5 Å². The molecule has 2 N–H and O–H groups in total. The number of Topliss-reactive ketones (excluding diaryl/α,β-unsaturated/α-hetero) is 1. The number of carbonyl (C=O) groups is 1. The van der Waals surface area contributed by atoms with Crippen molar-refractivity contribution in [2.75, 3.05) is 12.9 Å². The number of sulfonamides is 1. The number of ketones is 1. The van der Waals surface area contributed by atoms with Gasteiger partial charge in [-0.05, 0) is 48.8 Å². The third-order valence-corrected chi connectivity index (χ3v) is 5.18. The highest BCUT2D eigenvalue weighted by Gasteiger charge is 2.34. The van der Waals surface area contributed by atoms with Gasteiger partial charge in [-0.1, -0.05) is 12.1 Å². The topological polar surface area (TPSA) is 86.5 Å². The lowest BCUT2D eigenvalue weighted by Gasteiger charge is -2.32. The lowest BCUT2D eigenvalue weighted by atomic mass is 9.74. The summed E-state index contributed by atoms with van der Waals surface area (Å²) in [7, 11) is -1.86. The number of ether oxygens (including phenoxy) is 1. The molecule has 1 unspecified atom stereocenters. The van der Waals surface area contributed by atoms with E-state index in [9.17, 15) is 13.2 Å². The quantitative estimate of drug-likeness (QED) is 0.791. The SMILES string of the molecule is COc1ccc(CCCC(CS(N)(=O)=O)C2CC(=O)C2)cc1. The second-order valence-corrected chi connectivity index (χ2v) is 7.70. The summed E-state index contributed by atoms with van der Waals surface area (Å²) in [5.41, 5.74) is 1.19. The highest BCUT2D eigenvalue weighted by atomic mass is 32.2. The molecule has 6 heteroatoms. The van der Waals surface area contributed by atoms with Crippen LogP contribution >= 0.6 is 0 Å². The highest BCUT2D eigenvalue weighted by Crippen LogP contribution is 2.34. The average Bonchev–Trinajstić information content (AvgIpc) is 2.42. The number of methoxy groups -OCH3 is 1.